The monoisotopic (exact) mass is 501 g/mol. The summed E-state index contributed by atoms with van der Waals surface area (Å²) in [5, 5.41) is 3.36. The lowest BCUT2D eigenvalue weighted by atomic mass is 9.93. The van der Waals surface area contributed by atoms with Crippen molar-refractivity contribution in [1.82, 2.24) is 19.8 Å². The molecule has 1 aliphatic heterocycles. The normalized spacial score (nSPS) is 21.0. The summed E-state index contributed by atoms with van der Waals surface area (Å²) < 4.78 is 21.6. The molecule has 3 unspecified atom stereocenters. The van der Waals surface area contributed by atoms with Gasteiger partial charge < -0.3 is 19.5 Å². The largest absolute Gasteiger partial charge is 0.486 e. The van der Waals surface area contributed by atoms with Crippen LogP contribution in [0.4, 0.5) is 4.39 Å². The molecular formula is C20H29FIN5O. The van der Waals surface area contributed by atoms with Crippen molar-refractivity contribution in [1.29, 1.82) is 0 Å². The summed E-state index contributed by atoms with van der Waals surface area (Å²) in [6.45, 7) is 6.57. The lowest BCUT2D eigenvalue weighted by Crippen LogP contribution is -2.50. The van der Waals surface area contributed by atoms with Crippen LogP contribution in [0.2, 0.25) is 0 Å². The molecule has 8 heteroatoms. The quantitative estimate of drug-likeness (QED) is 0.387. The van der Waals surface area contributed by atoms with Crippen LogP contribution in [0.25, 0.3) is 0 Å². The molecule has 6 nitrogen and oxygen atoms in total. The predicted octanol–water partition coefficient (Wildman–Crippen LogP) is 3.57. The number of hydrogen-bond acceptors (Lipinski definition) is 3. The number of guanidine groups is 1. The molecule has 1 N–H and O–H groups in total. The zero-order chi connectivity index (χ0) is 19.2. The van der Waals surface area contributed by atoms with Crippen LogP contribution in [0.15, 0.2) is 48.0 Å². The molecule has 0 bridgehead atoms. The molecule has 154 valence electrons. The van der Waals surface area contributed by atoms with Gasteiger partial charge in [0.15, 0.2) is 17.5 Å². The molecule has 1 aromatic heterocycles. The van der Waals surface area contributed by atoms with Gasteiger partial charge in [0.2, 0.25) is 0 Å². The smallest absolute Gasteiger partial charge is 0.193 e. The topological polar surface area (TPSA) is 54.7 Å². The average Bonchev–Trinajstić information content (AvgIpc) is 3.20. The van der Waals surface area contributed by atoms with Crippen LogP contribution < -0.4 is 10.1 Å². The van der Waals surface area contributed by atoms with Crippen LogP contribution in [0, 0.1) is 11.7 Å². The molecule has 0 amide bonds. The van der Waals surface area contributed by atoms with E-state index < -0.39 is 0 Å². The van der Waals surface area contributed by atoms with Gasteiger partial charge >= 0.3 is 0 Å². The van der Waals surface area contributed by atoms with E-state index in [-0.39, 0.29) is 41.6 Å². The third-order valence-corrected chi connectivity index (χ3v) is 5.05. The van der Waals surface area contributed by atoms with Gasteiger partial charge in [0.25, 0.3) is 0 Å². The molecule has 1 saturated heterocycles. The summed E-state index contributed by atoms with van der Waals surface area (Å²) in [6.07, 6.45) is 6.62. The van der Waals surface area contributed by atoms with E-state index in [2.05, 4.69) is 31.7 Å². The Balaban J connectivity index is 0.00000280. The predicted molar refractivity (Wildman–Crippen MR) is 120 cm³/mol. The van der Waals surface area contributed by atoms with E-state index in [1.165, 1.54) is 6.07 Å². The van der Waals surface area contributed by atoms with E-state index in [1.807, 2.05) is 25.6 Å². The minimum absolute atomic E-state index is 0. The van der Waals surface area contributed by atoms with Crippen LogP contribution in [-0.2, 0) is 0 Å². The number of rotatable bonds is 5. The second kappa shape index (κ2) is 10.6. The first-order chi connectivity index (χ1) is 13.1. The molecule has 3 atom stereocenters. The molecule has 0 radical (unpaired) electrons. The summed E-state index contributed by atoms with van der Waals surface area (Å²) in [7, 11) is 1.79. The third kappa shape index (κ3) is 5.59. The number of benzene rings is 1. The number of aromatic nitrogens is 2. The molecule has 0 spiro atoms. The third-order valence-electron chi connectivity index (χ3n) is 5.05. The second-order valence-corrected chi connectivity index (χ2v) is 7.08. The molecule has 1 aromatic carbocycles. The first kappa shape index (κ1) is 22.4. The fraction of sp³-hybridized carbons (Fsp3) is 0.500. The van der Waals surface area contributed by atoms with Gasteiger partial charge in [-0.05, 0) is 31.4 Å². The second-order valence-electron chi connectivity index (χ2n) is 7.08. The van der Waals surface area contributed by atoms with Gasteiger partial charge in [-0.25, -0.2) is 9.37 Å². The van der Waals surface area contributed by atoms with E-state index in [4.69, 9.17) is 4.74 Å². The average molecular weight is 501 g/mol. The summed E-state index contributed by atoms with van der Waals surface area (Å²) in [5.41, 5.74) is 0. The lowest BCUT2D eigenvalue weighted by Gasteiger charge is -2.39. The number of imidazole rings is 1. The molecule has 0 saturated carbocycles. The first-order valence-corrected chi connectivity index (χ1v) is 9.42. The molecular weight excluding hydrogens is 472 g/mol. The van der Waals surface area contributed by atoms with E-state index in [9.17, 15) is 4.39 Å². The van der Waals surface area contributed by atoms with Crippen LogP contribution in [0.3, 0.4) is 0 Å². The number of halogens is 2. The number of likely N-dealkylation sites (tertiary alicyclic amines) is 1. The van der Waals surface area contributed by atoms with Crippen LogP contribution in [0.1, 0.15) is 26.3 Å². The number of nitrogens with zero attached hydrogens (tertiary/aromatic N) is 4. The number of para-hydroxylation sites is 1. The number of hydrogen-bond donors (Lipinski definition) is 1. The van der Waals surface area contributed by atoms with Crippen molar-refractivity contribution >= 4 is 29.9 Å². The zero-order valence-electron chi connectivity index (χ0n) is 16.6. The number of ether oxygens (including phenoxy) is 1. The van der Waals surface area contributed by atoms with Crippen molar-refractivity contribution in [2.24, 2.45) is 10.9 Å². The Bertz CT molecular complexity index is 755. The Kier molecular flexibility index (Phi) is 8.53. The Morgan fingerprint density at radius 1 is 1.43 bits per heavy atom. The van der Waals surface area contributed by atoms with Crippen LogP contribution in [0.5, 0.6) is 5.75 Å². The van der Waals surface area contributed by atoms with Crippen LogP contribution in [-0.4, -0.2) is 53.2 Å². The van der Waals surface area contributed by atoms with Gasteiger partial charge in [-0.1, -0.05) is 19.1 Å². The van der Waals surface area contributed by atoms with E-state index >= 15 is 0 Å². The summed E-state index contributed by atoms with van der Waals surface area (Å²) >= 11 is 0. The fourth-order valence-corrected chi connectivity index (χ4v) is 3.46. The Morgan fingerprint density at radius 2 is 2.21 bits per heavy atom. The van der Waals surface area contributed by atoms with Crippen molar-refractivity contribution in [2.45, 2.75) is 32.4 Å². The van der Waals surface area contributed by atoms with E-state index in [1.54, 1.807) is 25.2 Å². The SMILES string of the molecule is CN=C(NCC(C)Oc1ccccc1F)N1CCC(C)C(n2ccnc2)C1.I. The number of piperidine rings is 1. The highest BCUT2D eigenvalue weighted by molar-refractivity contribution is 14.0. The Hall–Kier alpha value is -1.84. The van der Waals surface area contributed by atoms with Crippen molar-refractivity contribution in [2.75, 3.05) is 26.7 Å². The lowest BCUT2D eigenvalue weighted by molar-refractivity contribution is 0.183. The van der Waals surface area contributed by atoms with Gasteiger partial charge in [0.1, 0.15) is 6.10 Å². The van der Waals surface area contributed by atoms with Crippen molar-refractivity contribution in [3.63, 3.8) is 0 Å². The molecule has 3 rings (SSSR count). The minimum atomic E-state index is -0.345. The molecule has 1 fully saturated rings. The minimum Gasteiger partial charge on any atom is -0.486 e. The molecule has 2 heterocycles. The number of nitrogens with one attached hydrogen (secondary N) is 1. The highest BCUT2D eigenvalue weighted by Gasteiger charge is 2.29. The fourth-order valence-electron chi connectivity index (χ4n) is 3.46. The zero-order valence-corrected chi connectivity index (χ0v) is 18.9. The maximum Gasteiger partial charge on any atom is 0.193 e. The van der Waals surface area contributed by atoms with Gasteiger partial charge in [0, 0.05) is 32.5 Å². The van der Waals surface area contributed by atoms with Crippen molar-refractivity contribution in [3.05, 3.63) is 48.8 Å². The number of aliphatic imine (C=N–C) groups is 1. The van der Waals surface area contributed by atoms with Gasteiger partial charge in [-0.3, -0.25) is 4.99 Å². The summed E-state index contributed by atoms with van der Waals surface area (Å²) in [4.78, 5) is 10.9. The Labute approximate surface area is 183 Å². The van der Waals surface area contributed by atoms with Crippen LogP contribution >= 0.6 is 24.0 Å². The van der Waals surface area contributed by atoms with Gasteiger partial charge in [0.05, 0.1) is 18.9 Å². The molecule has 0 aliphatic carbocycles. The molecule has 28 heavy (non-hydrogen) atoms. The summed E-state index contributed by atoms with van der Waals surface area (Å²) in [6, 6.07) is 6.83. The molecule has 1 aliphatic rings. The standard InChI is InChI=1S/C20H28FN5O.HI/c1-15-8-10-25(13-18(15)26-11-9-23-14-26)20(22-3)24-12-16(2)27-19-7-5-4-6-17(19)21;/h4-7,9,11,14-16,18H,8,10,12-13H2,1-3H3,(H,22,24);1H. The summed E-state index contributed by atoms with van der Waals surface area (Å²) in [5.74, 6) is 1.35. The van der Waals surface area contributed by atoms with E-state index in [0.717, 1.165) is 25.5 Å². The molecule has 2 aromatic rings. The maximum atomic E-state index is 13.7. The highest BCUT2D eigenvalue weighted by Crippen LogP contribution is 2.27. The Morgan fingerprint density at radius 3 is 2.89 bits per heavy atom. The van der Waals surface area contributed by atoms with Gasteiger partial charge in [-0.15, -0.1) is 24.0 Å². The van der Waals surface area contributed by atoms with Crippen molar-refractivity contribution in [3.8, 4) is 5.75 Å². The maximum absolute atomic E-state index is 13.7. The van der Waals surface area contributed by atoms with E-state index in [0.29, 0.717) is 18.5 Å². The highest BCUT2D eigenvalue weighted by atomic mass is 127. The van der Waals surface area contributed by atoms with Crippen molar-refractivity contribution < 1.29 is 9.13 Å². The van der Waals surface area contributed by atoms with Gasteiger partial charge in [-0.2, -0.15) is 0 Å². The first-order valence-electron chi connectivity index (χ1n) is 9.42.